The minimum absolute atomic E-state index is 0.0683. The lowest BCUT2D eigenvalue weighted by molar-refractivity contribution is 0.0158. The number of aromatic nitrogens is 6. The molecule has 1 aliphatic rings. The van der Waals surface area contributed by atoms with Crippen molar-refractivity contribution < 1.29 is 23.0 Å². The summed E-state index contributed by atoms with van der Waals surface area (Å²) in [6.07, 6.45) is 5.42. The second-order valence-corrected chi connectivity index (χ2v) is 11.5. The van der Waals surface area contributed by atoms with Crippen LogP contribution in [-0.4, -0.2) is 71.8 Å². The Balaban J connectivity index is 1.24. The van der Waals surface area contributed by atoms with E-state index in [9.17, 15) is 4.79 Å². The molecular formula is C30H31F2N9O3. The van der Waals surface area contributed by atoms with E-state index in [-0.39, 0.29) is 39.8 Å². The fraction of sp³-hybridized carbons (Fsp3) is 0.333. The number of hydrogen-bond donors (Lipinski definition) is 1. The second-order valence-electron chi connectivity index (χ2n) is 11.5. The molecule has 5 aromatic rings. The zero-order valence-electron chi connectivity index (χ0n) is 24.9. The van der Waals surface area contributed by atoms with Crippen LogP contribution in [0.4, 0.5) is 30.9 Å². The number of fused-ring (bicyclic) bond motifs is 2. The van der Waals surface area contributed by atoms with E-state index in [1.54, 1.807) is 45.6 Å². The zero-order valence-corrected chi connectivity index (χ0v) is 24.9. The summed E-state index contributed by atoms with van der Waals surface area (Å²) in [5, 5.41) is 7.05. The van der Waals surface area contributed by atoms with E-state index >= 15 is 8.78 Å². The highest BCUT2D eigenvalue weighted by atomic mass is 19.1. The second kappa shape index (κ2) is 11.2. The van der Waals surface area contributed by atoms with Gasteiger partial charge in [-0.25, -0.2) is 38.0 Å². The van der Waals surface area contributed by atoms with Gasteiger partial charge in [-0.05, 0) is 52.8 Å². The molecule has 0 unspecified atom stereocenters. The highest BCUT2D eigenvalue weighted by Crippen LogP contribution is 2.35. The first-order chi connectivity index (χ1) is 21.0. The van der Waals surface area contributed by atoms with Gasteiger partial charge in [0.2, 0.25) is 0 Å². The van der Waals surface area contributed by atoms with Crippen LogP contribution >= 0.6 is 0 Å². The van der Waals surface area contributed by atoms with Crippen molar-refractivity contribution in [3.05, 3.63) is 66.5 Å². The van der Waals surface area contributed by atoms with Gasteiger partial charge in [0.05, 0.1) is 22.8 Å². The summed E-state index contributed by atoms with van der Waals surface area (Å²) in [6, 6.07) is 6.25. The van der Waals surface area contributed by atoms with Gasteiger partial charge in [0.15, 0.2) is 23.1 Å². The van der Waals surface area contributed by atoms with Crippen molar-refractivity contribution in [1.29, 1.82) is 0 Å². The number of carbonyl (C=O) groups excluding carboxylic acids is 1. The topological polar surface area (TPSA) is 123 Å². The summed E-state index contributed by atoms with van der Waals surface area (Å²) in [6.45, 7) is 9.90. The third-order valence-corrected chi connectivity index (χ3v) is 7.23. The van der Waals surface area contributed by atoms with Crippen LogP contribution in [0.5, 0.6) is 11.5 Å². The molecule has 4 aromatic heterocycles. The molecule has 1 aliphatic heterocycles. The molecular weight excluding hydrogens is 572 g/mol. The van der Waals surface area contributed by atoms with Gasteiger partial charge in [0.25, 0.3) is 0 Å². The third-order valence-electron chi connectivity index (χ3n) is 7.23. The van der Waals surface area contributed by atoms with Gasteiger partial charge in [0, 0.05) is 43.5 Å². The Kier molecular flexibility index (Phi) is 7.35. The molecule has 1 fully saturated rings. The number of nitrogens with one attached hydrogen (secondary N) is 1. The van der Waals surface area contributed by atoms with E-state index in [4.69, 9.17) is 9.47 Å². The molecule has 1 amide bonds. The smallest absolute Gasteiger partial charge is 0.410 e. The SMILES string of the molecule is Cc1c(Oc2ccn3ncnc3c2)ccc(Nc2ncnc3cnc(N4CCN(C(=O)OC(C)(C)C)[C@H](C)C4)c(F)c23)c1F. The van der Waals surface area contributed by atoms with E-state index in [0.29, 0.717) is 36.8 Å². The van der Waals surface area contributed by atoms with Crippen molar-refractivity contribution in [3.8, 4) is 11.5 Å². The standard InChI is InChI=1S/C30H31F2N9O3/c1-17-14-39(10-11-40(17)29(42)44-30(3,4)5)28-26(32)24-21(13-33-28)34-15-36-27(24)38-20-6-7-22(18(2)25(20)31)43-19-8-9-41-23(12-19)35-16-37-41/h6-9,12-13,15-17H,10-11,14H2,1-5H3,(H,34,36,38)/t17-/m1/s1. The van der Waals surface area contributed by atoms with E-state index in [0.717, 1.165) is 0 Å². The maximum absolute atomic E-state index is 16.1. The zero-order chi connectivity index (χ0) is 31.2. The third kappa shape index (κ3) is 5.62. The molecule has 1 aromatic carbocycles. The van der Waals surface area contributed by atoms with Gasteiger partial charge >= 0.3 is 6.09 Å². The van der Waals surface area contributed by atoms with Crippen LogP contribution in [0, 0.1) is 18.6 Å². The number of halogens is 2. The summed E-state index contributed by atoms with van der Waals surface area (Å²) >= 11 is 0. The van der Waals surface area contributed by atoms with Gasteiger partial charge < -0.3 is 24.6 Å². The van der Waals surface area contributed by atoms with Gasteiger partial charge in [-0.2, -0.15) is 5.10 Å². The molecule has 0 radical (unpaired) electrons. The molecule has 1 saturated heterocycles. The molecule has 0 spiro atoms. The number of amides is 1. The van der Waals surface area contributed by atoms with Gasteiger partial charge in [0.1, 0.15) is 35.6 Å². The van der Waals surface area contributed by atoms with E-state index in [2.05, 4.69) is 30.4 Å². The van der Waals surface area contributed by atoms with Crippen LogP contribution < -0.4 is 15.0 Å². The van der Waals surface area contributed by atoms with Crippen LogP contribution in [0.1, 0.15) is 33.3 Å². The maximum Gasteiger partial charge on any atom is 0.410 e. The summed E-state index contributed by atoms with van der Waals surface area (Å²) in [5.74, 6) is -0.276. The molecule has 0 aliphatic carbocycles. The molecule has 44 heavy (non-hydrogen) atoms. The van der Waals surface area contributed by atoms with Crippen LogP contribution in [0.3, 0.4) is 0 Å². The van der Waals surface area contributed by atoms with Gasteiger partial charge in [-0.1, -0.05) is 0 Å². The van der Waals surface area contributed by atoms with Crippen molar-refractivity contribution in [1.82, 2.24) is 34.4 Å². The number of nitrogens with zero attached hydrogens (tertiary/aromatic N) is 8. The Hall–Kier alpha value is -5.14. The van der Waals surface area contributed by atoms with Crippen LogP contribution in [0.15, 0.2) is 49.3 Å². The normalized spacial score (nSPS) is 15.6. The lowest BCUT2D eigenvalue weighted by atomic mass is 10.1. The highest BCUT2D eigenvalue weighted by molar-refractivity contribution is 5.92. The average molecular weight is 604 g/mol. The monoisotopic (exact) mass is 603 g/mol. The molecule has 228 valence electrons. The number of pyridine rings is 2. The van der Waals surface area contributed by atoms with Crippen molar-refractivity contribution in [2.75, 3.05) is 29.9 Å². The summed E-state index contributed by atoms with van der Waals surface area (Å²) in [4.78, 5) is 32.9. The molecule has 6 rings (SSSR count). The number of carbonyl (C=O) groups is 1. The Labute approximate surface area is 251 Å². The predicted octanol–water partition coefficient (Wildman–Crippen LogP) is 5.64. The molecule has 1 N–H and O–H groups in total. The van der Waals surface area contributed by atoms with Gasteiger partial charge in [-0.3, -0.25) is 0 Å². The minimum atomic E-state index is -0.649. The Morgan fingerprint density at radius 3 is 2.64 bits per heavy atom. The largest absolute Gasteiger partial charge is 0.457 e. The van der Waals surface area contributed by atoms with Crippen LogP contribution in [0.2, 0.25) is 0 Å². The molecule has 12 nitrogen and oxygen atoms in total. The molecule has 0 saturated carbocycles. The highest BCUT2D eigenvalue weighted by Gasteiger charge is 2.33. The van der Waals surface area contributed by atoms with Gasteiger partial charge in [-0.15, -0.1) is 0 Å². The number of rotatable bonds is 5. The minimum Gasteiger partial charge on any atom is -0.457 e. The average Bonchev–Trinajstić information content (AvgIpc) is 3.44. The maximum atomic E-state index is 16.1. The first-order valence-electron chi connectivity index (χ1n) is 14.1. The quantitative estimate of drug-likeness (QED) is 0.270. The lowest BCUT2D eigenvalue weighted by Gasteiger charge is -2.40. The number of hydrogen-bond acceptors (Lipinski definition) is 10. The van der Waals surface area contributed by atoms with Crippen LogP contribution in [-0.2, 0) is 4.74 Å². The Morgan fingerprint density at radius 2 is 1.86 bits per heavy atom. The van der Waals surface area contributed by atoms with Crippen molar-refractivity contribution >= 4 is 40.0 Å². The summed E-state index contributed by atoms with van der Waals surface area (Å²) in [5.41, 5.74) is 0.548. The van der Waals surface area contributed by atoms with E-state index < -0.39 is 23.3 Å². The first kappa shape index (κ1) is 29.0. The van der Waals surface area contributed by atoms with E-state index in [1.807, 2.05) is 27.7 Å². The summed E-state index contributed by atoms with van der Waals surface area (Å²) < 4.78 is 44.8. The number of piperazine rings is 1. The van der Waals surface area contributed by atoms with Crippen LogP contribution in [0.25, 0.3) is 16.6 Å². The number of anilines is 3. The van der Waals surface area contributed by atoms with Crippen molar-refractivity contribution in [2.24, 2.45) is 0 Å². The molecule has 5 heterocycles. The fourth-order valence-electron chi connectivity index (χ4n) is 5.05. The summed E-state index contributed by atoms with van der Waals surface area (Å²) in [7, 11) is 0. The number of ether oxygens (including phenoxy) is 2. The molecule has 0 bridgehead atoms. The Morgan fingerprint density at radius 1 is 1.05 bits per heavy atom. The first-order valence-corrected chi connectivity index (χ1v) is 14.1. The van der Waals surface area contributed by atoms with E-state index in [1.165, 1.54) is 24.9 Å². The van der Waals surface area contributed by atoms with Crippen molar-refractivity contribution in [3.63, 3.8) is 0 Å². The molecule has 14 heteroatoms. The molecule has 1 atom stereocenters. The lowest BCUT2D eigenvalue weighted by Crippen LogP contribution is -2.55. The number of benzene rings is 1. The fourth-order valence-corrected chi connectivity index (χ4v) is 5.05. The van der Waals surface area contributed by atoms with Crippen molar-refractivity contribution in [2.45, 2.75) is 46.3 Å². The Bertz CT molecular complexity index is 1870. The predicted molar refractivity (Wildman–Crippen MR) is 159 cm³/mol.